The molecule has 1 amide bonds. The summed E-state index contributed by atoms with van der Waals surface area (Å²) in [5.74, 6) is 0.167. The van der Waals surface area contributed by atoms with Crippen LogP contribution in [0, 0.1) is 0 Å². The van der Waals surface area contributed by atoms with Gasteiger partial charge in [-0.2, -0.15) is 0 Å². The summed E-state index contributed by atoms with van der Waals surface area (Å²) in [4.78, 5) is 33.3. The lowest BCUT2D eigenvalue weighted by Gasteiger charge is -2.32. The Morgan fingerprint density at radius 3 is 2.86 bits per heavy atom. The van der Waals surface area contributed by atoms with E-state index >= 15 is 0 Å². The number of carbonyl (C=O) groups is 1. The second-order valence-corrected chi connectivity index (χ2v) is 6.42. The lowest BCUT2D eigenvalue weighted by Crippen LogP contribution is -2.47. The molecule has 3 rings (SSSR count). The summed E-state index contributed by atoms with van der Waals surface area (Å²) in [6.07, 6.45) is 1.89. The zero-order valence-corrected chi connectivity index (χ0v) is 13.1. The van der Waals surface area contributed by atoms with E-state index in [2.05, 4.69) is 9.98 Å². The van der Waals surface area contributed by atoms with Crippen molar-refractivity contribution in [3.63, 3.8) is 0 Å². The number of carbonyl (C=O) groups excluding carboxylic acids is 1. The summed E-state index contributed by atoms with van der Waals surface area (Å²) in [6.45, 7) is 1.90. The number of thiophene rings is 1. The second kappa shape index (κ2) is 5.10. The van der Waals surface area contributed by atoms with E-state index in [9.17, 15) is 9.59 Å². The number of guanidine groups is 1. The average molecular weight is 316 g/mol. The van der Waals surface area contributed by atoms with Gasteiger partial charge in [0.15, 0.2) is 11.4 Å². The van der Waals surface area contributed by atoms with Crippen molar-refractivity contribution in [1.29, 1.82) is 0 Å². The molecule has 2 aromatic rings. The first kappa shape index (κ1) is 14.5. The predicted molar refractivity (Wildman–Crippen MR) is 86.7 cm³/mol. The van der Waals surface area contributed by atoms with Crippen molar-refractivity contribution in [2.75, 3.05) is 7.05 Å². The Bertz CT molecular complexity index is 823. The van der Waals surface area contributed by atoms with Gasteiger partial charge in [-0.05, 0) is 13.0 Å². The standard InChI is InChI=1S/C15H16N4O2S/c1-15(7-13(21)19(2)14(16)18-15)12-5-9(8-22-12)11-6-10(20)3-4-17-11/h3-6,8H,7H2,1-2H3,(H2,16,18)(H,17,20)/t15-/m0/s1. The first-order valence-corrected chi connectivity index (χ1v) is 7.67. The molecule has 3 N–H and O–H groups in total. The van der Waals surface area contributed by atoms with Gasteiger partial charge in [0.25, 0.3) is 0 Å². The average Bonchev–Trinajstić information content (AvgIpc) is 2.95. The van der Waals surface area contributed by atoms with Gasteiger partial charge < -0.3 is 10.7 Å². The van der Waals surface area contributed by atoms with E-state index in [0.717, 1.165) is 16.1 Å². The zero-order valence-electron chi connectivity index (χ0n) is 12.3. The molecule has 0 unspecified atom stereocenters. The Morgan fingerprint density at radius 1 is 1.41 bits per heavy atom. The van der Waals surface area contributed by atoms with Crippen molar-refractivity contribution < 1.29 is 4.79 Å². The van der Waals surface area contributed by atoms with Crippen molar-refractivity contribution in [3.05, 3.63) is 44.9 Å². The van der Waals surface area contributed by atoms with E-state index < -0.39 is 5.54 Å². The highest BCUT2D eigenvalue weighted by atomic mass is 32.1. The number of aromatic amines is 1. The van der Waals surface area contributed by atoms with Crippen LogP contribution < -0.4 is 11.2 Å². The van der Waals surface area contributed by atoms with Gasteiger partial charge in [0.2, 0.25) is 5.91 Å². The third kappa shape index (κ3) is 2.43. The fourth-order valence-electron chi connectivity index (χ4n) is 2.42. The van der Waals surface area contributed by atoms with Crippen LogP contribution in [0.1, 0.15) is 18.2 Å². The van der Waals surface area contributed by atoms with Crippen molar-refractivity contribution in [3.8, 4) is 11.3 Å². The Balaban J connectivity index is 2.00. The number of amides is 1. The molecule has 1 aliphatic rings. The molecule has 2 aromatic heterocycles. The number of aliphatic imine (C=N–C) groups is 1. The molecule has 0 aliphatic carbocycles. The Hall–Kier alpha value is -2.41. The molecule has 1 atom stereocenters. The summed E-state index contributed by atoms with van der Waals surface area (Å²) in [6, 6.07) is 4.97. The van der Waals surface area contributed by atoms with Crippen molar-refractivity contribution in [2.24, 2.45) is 10.7 Å². The lowest BCUT2D eigenvalue weighted by atomic mass is 9.93. The van der Waals surface area contributed by atoms with E-state index in [0.29, 0.717) is 0 Å². The maximum Gasteiger partial charge on any atom is 0.231 e. The molecule has 114 valence electrons. The fourth-order valence-corrected chi connectivity index (χ4v) is 3.44. The van der Waals surface area contributed by atoms with Crippen LogP contribution in [0.3, 0.4) is 0 Å². The van der Waals surface area contributed by atoms with Crippen LogP contribution in [-0.2, 0) is 10.3 Å². The lowest BCUT2D eigenvalue weighted by molar-refractivity contribution is -0.128. The quantitative estimate of drug-likeness (QED) is 0.879. The summed E-state index contributed by atoms with van der Waals surface area (Å²) in [5.41, 5.74) is 6.77. The van der Waals surface area contributed by atoms with Crippen LogP contribution in [0.15, 0.2) is 39.6 Å². The van der Waals surface area contributed by atoms with Crippen LogP contribution >= 0.6 is 11.3 Å². The third-order valence-electron chi connectivity index (χ3n) is 3.79. The molecular formula is C15H16N4O2S. The van der Waals surface area contributed by atoms with Gasteiger partial charge >= 0.3 is 0 Å². The fraction of sp³-hybridized carbons (Fsp3) is 0.267. The van der Waals surface area contributed by atoms with Crippen LogP contribution in [0.2, 0.25) is 0 Å². The molecule has 0 bridgehead atoms. The maximum absolute atomic E-state index is 12.0. The number of nitrogens with two attached hydrogens (primary N) is 1. The minimum Gasteiger partial charge on any atom is -0.369 e. The SMILES string of the molecule is CN1C(=O)C[C@@](C)(c2cc(-c3cc(=O)cc[nH]3)cs2)N=C1N. The summed E-state index contributed by atoms with van der Waals surface area (Å²) < 4.78 is 0. The maximum atomic E-state index is 12.0. The van der Waals surface area contributed by atoms with Crippen molar-refractivity contribution in [1.82, 2.24) is 9.88 Å². The number of nitrogens with one attached hydrogen (secondary N) is 1. The molecule has 0 radical (unpaired) electrons. The van der Waals surface area contributed by atoms with Crippen molar-refractivity contribution >= 4 is 23.2 Å². The van der Waals surface area contributed by atoms with Crippen molar-refractivity contribution in [2.45, 2.75) is 18.9 Å². The van der Waals surface area contributed by atoms with Gasteiger partial charge in [0.05, 0.1) is 12.1 Å². The minimum absolute atomic E-state index is 0.0514. The Kier molecular flexibility index (Phi) is 3.37. The normalized spacial score (nSPS) is 21.8. The number of hydrogen-bond acceptors (Lipinski definition) is 5. The highest BCUT2D eigenvalue weighted by Crippen LogP contribution is 2.38. The summed E-state index contributed by atoms with van der Waals surface area (Å²) in [5, 5.41) is 1.94. The molecule has 0 spiro atoms. The Labute approximate surface area is 131 Å². The molecule has 3 heterocycles. The number of aromatic nitrogens is 1. The topological polar surface area (TPSA) is 91.5 Å². The molecule has 6 nitrogen and oxygen atoms in total. The van der Waals surface area contributed by atoms with Gasteiger partial charge in [0.1, 0.15) is 5.54 Å². The molecule has 0 aromatic carbocycles. The number of hydrogen-bond donors (Lipinski definition) is 2. The second-order valence-electron chi connectivity index (χ2n) is 5.51. The van der Waals surface area contributed by atoms with E-state index in [1.54, 1.807) is 19.3 Å². The van der Waals surface area contributed by atoms with Gasteiger partial charge in [-0.25, -0.2) is 4.99 Å². The molecule has 0 fully saturated rings. The summed E-state index contributed by atoms with van der Waals surface area (Å²) in [7, 11) is 1.62. The molecule has 1 aliphatic heterocycles. The first-order valence-electron chi connectivity index (χ1n) is 6.79. The highest BCUT2D eigenvalue weighted by molar-refractivity contribution is 7.10. The molecule has 7 heteroatoms. The number of nitrogens with zero attached hydrogens (tertiary/aromatic N) is 2. The van der Waals surface area contributed by atoms with E-state index in [1.807, 2.05) is 18.4 Å². The van der Waals surface area contributed by atoms with Gasteiger partial charge in [-0.15, -0.1) is 11.3 Å². The van der Waals surface area contributed by atoms with Gasteiger partial charge in [0, 0.05) is 41.2 Å². The van der Waals surface area contributed by atoms with Gasteiger partial charge in [-0.1, -0.05) is 0 Å². The van der Waals surface area contributed by atoms with Crippen LogP contribution in [-0.4, -0.2) is 28.8 Å². The minimum atomic E-state index is -0.661. The zero-order chi connectivity index (χ0) is 15.9. The molecule has 0 saturated heterocycles. The first-order chi connectivity index (χ1) is 10.4. The van der Waals surface area contributed by atoms with Crippen LogP contribution in [0.5, 0.6) is 0 Å². The monoisotopic (exact) mass is 316 g/mol. The smallest absolute Gasteiger partial charge is 0.231 e. The van der Waals surface area contributed by atoms with Crippen LogP contribution in [0.4, 0.5) is 0 Å². The number of H-pyrrole nitrogens is 1. The number of pyridine rings is 1. The Morgan fingerprint density at radius 2 is 2.18 bits per heavy atom. The number of rotatable bonds is 2. The van der Waals surface area contributed by atoms with E-state index in [-0.39, 0.29) is 23.7 Å². The predicted octanol–water partition coefficient (Wildman–Crippen LogP) is 1.50. The molecule has 22 heavy (non-hydrogen) atoms. The third-order valence-corrected chi connectivity index (χ3v) is 4.97. The summed E-state index contributed by atoms with van der Waals surface area (Å²) >= 11 is 1.51. The van der Waals surface area contributed by atoms with Gasteiger partial charge in [-0.3, -0.25) is 14.5 Å². The van der Waals surface area contributed by atoms with E-state index in [4.69, 9.17) is 5.73 Å². The van der Waals surface area contributed by atoms with E-state index in [1.165, 1.54) is 22.3 Å². The van der Waals surface area contributed by atoms with Crippen LogP contribution in [0.25, 0.3) is 11.3 Å². The highest BCUT2D eigenvalue weighted by Gasteiger charge is 2.37. The molecule has 0 saturated carbocycles. The molecular weight excluding hydrogens is 300 g/mol. The largest absolute Gasteiger partial charge is 0.369 e.